The number of anilines is 1. The molecule has 10 heteroatoms. The average Bonchev–Trinajstić information content (AvgIpc) is 3.50. The van der Waals surface area contributed by atoms with E-state index in [-0.39, 0.29) is 23.3 Å². The molecule has 1 fully saturated rings. The molecule has 186 valence electrons. The molecule has 0 spiro atoms. The Hall–Kier alpha value is -4.34. The van der Waals surface area contributed by atoms with Gasteiger partial charge in [0, 0.05) is 11.6 Å². The number of para-hydroxylation sites is 2. The van der Waals surface area contributed by atoms with Crippen LogP contribution in [0.25, 0.3) is 22.2 Å². The average molecular weight is 489 g/mol. The number of hydrogen-bond acceptors (Lipinski definition) is 8. The molecular weight excluding hydrogens is 460 g/mol. The van der Waals surface area contributed by atoms with Gasteiger partial charge in [-0.3, -0.25) is 4.79 Å². The highest BCUT2D eigenvalue weighted by Gasteiger charge is 2.26. The minimum Gasteiger partial charge on any atom is -0.493 e. The zero-order chi connectivity index (χ0) is 25.2. The first-order valence-electron chi connectivity index (χ1n) is 11.8. The van der Waals surface area contributed by atoms with Gasteiger partial charge in [0.05, 0.1) is 38.6 Å². The molecule has 2 aromatic heterocycles. The molecule has 0 atom stereocenters. The van der Waals surface area contributed by atoms with Crippen LogP contribution in [0.1, 0.15) is 41.6 Å². The second-order valence-corrected chi connectivity index (χ2v) is 8.61. The van der Waals surface area contributed by atoms with Gasteiger partial charge >= 0.3 is 0 Å². The van der Waals surface area contributed by atoms with Gasteiger partial charge < -0.3 is 25.3 Å². The molecular formula is C26H28N6O4. The Labute approximate surface area is 208 Å². The maximum Gasteiger partial charge on any atom is 0.257 e. The fourth-order valence-electron chi connectivity index (χ4n) is 4.62. The van der Waals surface area contributed by atoms with E-state index in [4.69, 9.17) is 29.9 Å². The van der Waals surface area contributed by atoms with Crippen molar-refractivity contribution in [2.24, 2.45) is 5.10 Å². The first kappa shape index (κ1) is 23.4. The van der Waals surface area contributed by atoms with Crippen molar-refractivity contribution < 1.29 is 19.0 Å². The zero-order valence-electron chi connectivity index (χ0n) is 20.4. The Morgan fingerprint density at radius 2 is 1.69 bits per heavy atom. The third-order valence-electron chi connectivity index (χ3n) is 6.40. The number of benzene rings is 2. The number of fused-ring (bicyclic) bond motifs is 2. The number of carbonyl (C=O) groups excluding carboxylic acids is 1. The summed E-state index contributed by atoms with van der Waals surface area (Å²) in [6.07, 6.45) is 5.71. The van der Waals surface area contributed by atoms with Crippen molar-refractivity contribution in [2.45, 2.75) is 31.7 Å². The van der Waals surface area contributed by atoms with E-state index >= 15 is 0 Å². The van der Waals surface area contributed by atoms with E-state index in [2.05, 4.69) is 10.4 Å². The van der Waals surface area contributed by atoms with Gasteiger partial charge in [0.25, 0.3) is 5.91 Å². The maximum atomic E-state index is 13.3. The summed E-state index contributed by atoms with van der Waals surface area (Å²) in [7, 11) is 4.64. The topological polar surface area (TPSA) is 126 Å². The number of nitrogens with one attached hydrogen (secondary N) is 1. The summed E-state index contributed by atoms with van der Waals surface area (Å²) in [4.78, 5) is 22.8. The molecule has 1 saturated carbocycles. The van der Waals surface area contributed by atoms with Crippen LogP contribution in [0.5, 0.6) is 17.2 Å². The molecule has 1 amide bonds. The van der Waals surface area contributed by atoms with Crippen LogP contribution >= 0.6 is 0 Å². The van der Waals surface area contributed by atoms with E-state index in [1.165, 1.54) is 4.68 Å². The molecule has 0 aliphatic heterocycles. The lowest BCUT2D eigenvalue weighted by Gasteiger charge is -2.12. The predicted molar refractivity (Wildman–Crippen MR) is 138 cm³/mol. The largest absolute Gasteiger partial charge is 0.493 e. The summed E-state index contributed by atoms with van der Waals surface area (Å²) in [5.41, 5.74) is 9.62. The van der Waals surface area contributed by atoms with E-state index in [0.717, 1.165) is 25.7 Å². The van der Waals surface area contributed by atoms with Crippen LogP contribution in [0.2, 0.25) is 0 Å². The van der Waals surface area contributed by atoms with E-state index < -0.39 is 0 Å². The minimum absolute atomic E-state index is 0.131. The van der Waals surface area contributed by atoms with E-state index in [0.29, 0.717) is 45.0 Å². The van der Waals surface area contributed by atoms with Crippen LogP contribution < -0.4 is 25.3 Å². The Morgan fingerprint density at radius 3 is 2.31 bits per heavy atom. The first-order chi connectivity index (χ1) is 17.5. The van der Waals surface area contributed by atoms with Gasteiger partial charge in [-0.1, -0.05) is 25.0 Å². The molecule has 0 unspecified atom stereocenters. The molecule has 5 rings (SSSR count). The highest BCUT2D eigenvalue weighted by atomic mass is 16.5. The summed E-state index contributed by atoms with van der Waals surface area (Å²) in [6, 6.07) is 11.1. The number of nitrogens with two attached hydrogens (primary N) is 1. The summed E-state index contributed by atoms with van der Waals surface area (Å²) >= 11 is 0. The smallest absolute Gasteiger partial charge is 0.257 e. The van der Waals surface area contributed by atoms with E-state index in [1.54, 1.807) is 39.7 Å². The van der Waals surface area contributed by atoms with Crippen molar-refractivity contribution in [3.8, 4) is 17.2 Å². The van der Waals surface area contributed by atoms with Gasteiger partial charge in [-0.15, -0.1) is 0 Å². The third kappa shape index (κ3) is 4.15. The Balaban J connectivity index is 1.63. The highest BCUT2D eigenvalue weighted by molar-refractivity contribution is 6.10. The molecule has 1 aliphatic rings. The lowest BCUT2D eigenvalue weighted by Crippen LogP contribution is -2.33. The highest BCUT2D eigenvalue weighted by Crippen LogP contribution is 2.38. The number of rotatable bonds is 7. The number of ether oxygens (including phenoxy) is 3. The Bertz CT molecular complexity index is 1450. The Morgan fingerprint density at radius 1 is 1.06 bits per heavy atom. The van der Waals surface area contributed by atoms with Crippen LogP contribution in [-0.2, 0) is 0 Å². The number of nitrogen functional groups attached to an aromatic ring is 1. The standard InChI is InChI=1S/C26H28N6O4/c1-34-19-12-15(13-20(35-2)23(19)36-3)14-28-32-24(27)21(26(33)29-16-8-4-5-9-16)22-25(32)31-18-11-7-6-10-17(18)30-22/h6-7,10-14,16H,4-5,8-9,27H2,1-3H3,(H,29,33)/b28-14-. The van der Waals surface area contributed by atoms with Gasteiger partial charge in [0.1, 0.15) is 16.9 Å². The summed E-state index contributed by atoms with van der Waals surface area (Å²) < 4.78 is 17.7. The maximum absolute atomic E-state index is 13.3. The monoisotopic (exact) mass is 488 g/mol. The lowest BCUT2D eigenvalue weighted by molar-refractivity contribution is 0.0940. The molecule has 4 aromatic rings. The number of carbonyl (C=O) groups is 1. The van der Waals surface area contributed by atoms with Gasteiger partial charge in [-0.2, -0.15) is 9.78 Å². The molecule has 3 N–H and O–H groups in total. The number of amides is 1. The van der Waals surface area contributed by atoms with Gasteiger partial charge in [-0.25, -0.2) is 9.97 Å². The van der Waals surface area contributed by atoms with Crippen molar-refractivity contribution in [3.05, 3.63) is 47.5 Å². The number of aromatic nitrogens is 3. The molecule has 1 aliphatic carbocycles. The van der Waals surface area contributed by atoms with Gasteiger partial charge in [0.2, 0.25) is 5.75 Å². The van der Waals surface area contributed by atoms with Crippen molar-refractivity contribution in [1.29, 1.82) is 0 Å². The molecule has 0 saturated heterocycles. The van der Waals surface area contributed by atoms with E-state index in [9.17, 15) is 4.79 Å². The van der Waals surface area contributed by atoms with Crippen LogP contribution in [0.3, 0.4) is 0 Å². The zero-order valence-corrected chi connectivity index (χ0v) is 20.4. The first-order valence-corrected chi connectivity index (χ1v) is 11.8. The molecule has 2 aromatic carbocycles. The fraction of sp³-hybridized carbons (Fsp3) is 0.308. The molecule has 36 heavy (non-hydrogen) atoms. The summed E-state index contributed by atoms with van der Waals surface area (Å²) in [5, 5.41) is 7.69. The van der Waals surface area contributed by atoms with Crippen LogP contribution in [0.4, 0.5) is 5.82 Å². The van der Waals surface area contributed by atoms with Gasteiger partial charge in [0.15, 0.2) is 17.1 Å². The van der Waals surface area contributed by atoms with Crippen LogP contribution in [0.15, 0.2) is 41.5 Å². The molecule has 10 nitrogen and oxygen atoms in total. The minimum atomic E-state index is -0.268. The van der Waals surface area contributed by atoms with Crippen molar-refractivity contribution in [1.82, 2.24) is 20.0 Å². The number of methoxy groups -OCH3 is 3. The normalized spacial score (nSPS) is 14.1. The van der Waals surface area contributed by atoms with Crippen LogP contribution in [0, 0.1) is 0 Å². The second kappa shape index (κ2) is 9.73. The second-order valence-electron chi connectivity index (χ2n) is 8.61. The quantitative estimate of drug-likeness (QED) is 0.380. The van der Waals surface area contributed by atoms with Crippen LogP contribution in [-0.4, -0.2) is 54.1 Å². The SMILES string of the molecule is COc1cc(/C=N\n2c(N)c(C(=O)NC3CCCC3)c3nc4ccccc4nc32)cc(OC)c1OC. The number of hydrogen-bond donors (Lipinski definition) is 2. The van der Waals surface area contributed by atoms with Gasteiger partial charge in [-0.05, 0) is 37.1 Å². The Kier molecular flexibility index (Phi) is 6.32. The number of nitrogens with zero attached hydrogens (tertiary/aromatic N) is 4. The molecule has 2 heterocycles. The summed E-state index contributed by atoms with van der Waals surface area (Å²) in [6.45, 7) is 0. The van der Waals surface area contributed by atoms with Crippen molar-refractivity contribution in [3.63, 3.8) is 0 Å². The fourth-order valence-corrected chi connectivity index (χ4v) is 4.62. The summed E-state index contributed by atoms with van der Waals surface area (Å²) in [5.74, 6) is 1.36. The van der Waals surface area contributed by atoms with Crippen molar-refractivity contribution >= 4 is 40.1 Å². The molecule has 0 bridgehead atoms. The van der Waals surface area contributed by atoms with E-state index in [1.807, 2.05) is 24.3 Å². The molecule has 0 radical (unpaired) electrons. The van der Waals surface area contributed by atoms with Crippen molar-refractivity contribution in [2.75, 3.05) is 27.1 Å². The predicted octanol–water partition coefficient (Wildman–Crippen LogP) is 3.75. The third-order valence-corrected chi connectivity index (χ3v) is 6.40. The lowest BCUT2D eigenvalue weighted by atomic mass is 10.2.